The van der Waals surface area contributed by atoms with Crippen LogP contribution < -0.4 is 5.32 Å². The van der Waals surface area contributed by atoms with E-state index in [9.17, 15) is 32.8 Å². The van der Waals surface area contributed by atoms with Crippen LogP contribution >= 0.6 is 19.2 Å². The fourth-order valence-electron chi connectivity index (χ4n) is 4.15. The van der Waals surface area contributed by atoms with Crippen LogP contribution in [0.5, 0.6) is 0 Å². The lowest BCUT2D eigenvalue weighted by Crippen LogP contribution is -2.36. The highest BCUT2D eigenvalue weighted by Gasteiger charge is 2.47. The first-order valence-electron chi connectivity index (χ1n) is 11.0. The minimum atomic E-state index is -4.91. The van der Waals surface area contributed by atoms with E-state index in [0.717, 1.165) is 4.68 Å². The number of ether oxygens (including phenoxy) is 1. The van der Waals surface area contributed by atoms with Crippen molar-refractivity contribution in [2.24, 2.45) is 0 Å². The summed E-state index contributed by atoms with van der Waals surface area (Å²) in [5.74, 6) is -1.39. The molecule has 13 nitrogen and oxygen atoms in total. The SMILES string of the molecule is C[C@H](Nc1c(C#N)c(Cl)nc2c1cnn2[C@H]1O[C@H](CS(=O)(=O)CP(=O)(O)O)[C@@H](O)[C@H]1O)c1ccc(F)cc1. The smallest absolute Gasteiger partial charge is 0.340 e. The fraction of sp³-hybridized carbons (Fsp3) is 0.381. The first-order valence-corrected chi connectivity index (χ1v) is 15.0. The normalized spacial score (nSPS) is 22.9. The summed E-state index contributed by atoms with van der Waals surface area (Å²) >= 11 is 6.27. The van der Waals surface area contributed by atoms with Gasteiger partial charge in [0, 0.05) is 6.04 Å². The van der Waals surface area contributed by atoms with E-state index in [1.165, 1.54) is 18.3 Å². The van der Waals surface area contributed by atoms with Crippen LogP contribution in [-0.2, 0) is 19.1 Å². The van der Waals surface area contributed by atoms with Crippen molar-refractivity contribution >= 4 is 45.8 Å². The van der Waals surface area contributed by atoms with E-state index in [4.69, 9.17) is 26.1 Å². The maximum absolute atomic E-state index is 13.3. The first-order chi connectivity index (χ1) is 17.7. The van der Waals surface area contributed by atoms with Crippen molar-refractivity contribution in [3.05, 3.63) is 52.6 Å². The quantitative estimate of drug-likeness (QED) is 0.187. The Morgan fingerprint density at radius 3 is 2.55 bits per heavy atom. The van der Waals surface area contributed by atoms with Crippen molar-refractivity contribution in [3.8, 4) is 6.07 Å². The van der Waals surface area contributed by atoms with Crippen molar-refractivity contribution in [3.63, 3.8) is 0 Å². The molecular weight excluding hydrogens is 568 g/mol. The van der Waals surface area contributed by atoms with Gasteiger partial charge in [0.25, 0.3) is 0 Å². The molecule has 38 heavy (non-hydrogen) atoms. The second kappa shape index (κ2) is 10.5. The number of hydrogen-bond acceptors (Lipinski definition) is 10. The highest BCUT2D eigenvalue weighted by molar-refractivity contribution is 7.97. The molecule has 1 saturated heterocycles. The van der Waals surface area contributed by atoms with Crippen LogP contribution in [0.1, 0.15) is 30.3 Å². The number of nitrogens with zero attached hydrogens (tertiary/aromatic N) is 4. The Morgan fingerprint density at radius 1 is 1.29 bits per heavy atom. The maximum Gasteiger partial charge on any atom is 0.340 e. The molecule has 2 aromatic heterocycles. The Labute approximate surface area is 220 Å². The Bertz CT molecular complexity index is 1560. The minimum Gasteiger partial charge on any atom is -0.387 e. The standard InChI is InChI=1S/C21H22ClFN5O8PS/c1-10(11-2-4-12(23)5-3-11)26-16-13(6-24)19(22)27-20-14(16)7-25-28(20)21-18(30)17(29)15(36-21)8-38(34,35)9-37(31,32)33/h2-5,7,10,15,17-18,21,29-30H,8-9H2,1H3,(H,26,27)(H2,31,32,33)/t10-,15+,17+,18+,21-/m0/s1. The third-order valence-electron chi connectivity index (χ3n) is 5.90. The number of nitrogens with one attached hydrogen (secondary N) is 1. The molecule has 5 N–H and O–H groups in total. The lowest BCUT2D eigenvalue weighted by atomic mass is 10.1. The second-order valence-electron chi connectivity index (χ2n) is 8.76. The number of anilines is 1. The molecule has 0 amide bonds. The summed E-state index contributed by atoms with van der Waals surface area (Å²) in [6.45, 7) is 1.77. The molecule has 4 rings (SSSR count). The van der Waals surface area contributed by atoms with Gasteiger partial charge >= 0.3 is 7.60 Å². The zero-order valence-electron chi connectivity index (χ0n) is 19.5. The summed E-state index contributed by atoms with van der Waals surface area (Å²) in [4.78, 5) is 22.2. The molecular formula is C21H22ClFN5O8PS. The van der Waals surface area contributed by atoms with Gasteiger partial charge in [-0.25, -0.2) is 22.5 Å². The summed E-state index contributed by atoms with van der Waals surface area (Å²) in [5, 5.41) is 38.1. The maximum atomic E-state index is 13.3. The number of halogens is 2. The number of nitriles is 1. The molecule has 204 valence electrons. The van der Waals surface area contributed by atoms with E-state index >= 15 is 0 Å². The Hall–Kier alpha value is -2.67. The Kier molecular flexibility index (Phi) is 7.81. The van der Waals surface area contributed by atoms with Crippen molar-refractivity contribution in [2.75, 3.05) is 16.6 Å². The third-order valence-corrected chi connectivity index (χ3v) is 9.93. The van der Waals surface area contributed by atoms with Gasteiger partial charge in [-0.1, -0.05) is 23.7 Å². The molecule has 0 unspecified atom stereocenters. The van der Waals surface area contributed by atoms with Gasteiger partial charge in [-0.3, -0.25) is 4.57 Å². The molecule has 3 aromatic rings. The van der Waals surface area contributed by atoms with Crippen LogP contribution in [-0.4, -0.2) is 72.7 Å². The monoisotopic (exact) mass is 589 g/mol. The van der Waals surface area contributed by atoms with Crippen molar-refractivity contribution in [1.29, 1.82) is 5.26 Å². The highest BCUT2D eigenvalue weighted by Crippen LogP contribution is 2.39. The molecule has 1 aliphatic heterocycles. The minimum absolute atomic E-state index is 0.0120. The molecule has 0 spiro atoms. The van der Waals surface area contributed by atoms with E-state index in [1.54, 1.807) is 19.1 Å². The molecule has 0 radical (unpaired) electrons. The number of pyridine rings is 1. The summed E-state index contributed by atoms with van der Waals surface area (Å²) in [5.41, 5.74) is -0.507. The zero-order valence-corrected chi connectivity index (χ0v) is 22.0. The molecule has 0 aliphatic carbocycles. The number of sulfone groups is 1. The summed E-state index contributed by atoms with van der Waals surface area (Å²) in [6.07, 6.45) is -5.11. The van der Waals surface area contributed by atoms with Crippen LogP contribution in [0.15, 0.2) is 30.5 Å². The summed E-state index contributed by atoms with van der Waals surface area (Å²) in [6, 6.07) is 7.23. The van der Waals surface area contributed by atoms with Crippen LogP contribution in [0.25, 0.3) is 11.0 Å². The third kappa shape index (κ3) is 5.83. The molecule has 1 aliphatic rings. The molecule has 1 fully saturated rings. The van der Waals surface area contributed by atoms with E-state index in [-0.39, 0.29) is 27.4 Å². The first kappa shape index (κ1) is 28.3. The van der Waals surface area contributed by atoms with Crippen LogP contribution in [0.2, 0.25) is 5.15 Å². The molecule has 3 heterocycles. The van der Waals surface area contributed by atoms with Crippen LogP contribution in [0.3, 0.4) is 0 Å². The van der Waals surface area contributed by atoms with Gasteiger partial charge in [-0.2, -0.15) is 10.4 Å². The van der Waals surface area contributed by atoms with Crippen molar-refractivity contribution in [2.45, 2.75) is 37.5 Å². The van der Waals surface area contributed by atoms with E-state index in [2.05, 4.69) is 15.4 Å². The molecule has 17 heteroatoms. The Balaban J connectivity index is 1.68. The van der Waals surface area contributed by atoms with Gasteiger partial charge in [0.2, 0.25) is 0 Å². The predicted molar refractivity (Wildman–Crippen MR) is 132 cm³/mol. The van der Waals surface area contributed by atoms with Crippen molar-refractivity contribution in [1.82, 2.24) is 14.8 Å². The van der Waals surface area contributed by atoms with Crippen molar-refractivity contribution < 1.29 is 42.1 Å². The number of fused-ring (bicyclic) bond motifs is 1. The average molecular weight is 590 g/mol. The number of aliphatic hydroxyl groups excluding tert-OH is 2. The number of rotatable bonds is 8. The average Bonchev–Trinajstić information content (AvgIpc) is 3.33. The fourth-order valence-corrected chi connectivity index (χ4v) is 7.61. The second-order valence-corrected chi connectivity index (χ2v) is 13.3. The largest absolute Gasteiger partial charge is 0.387 e. The Morgan fingerprint density at radius 2 is 1.95 bits per heavy atom. The molecule has 0 bridgehead atoms. The number of hydrogen-bond donors (Lipinski definition) is 5. The van der Waals surface area contributed by atoms with Gasteiger partial charge in [-0.15, -0.1) is 0 Å². The van der Waals surface area contributed by atoms with E-state index in [1.807, 2.05) is 6.07 Å². The molecule has 0 saturated carbocycles. The van der Waals surface area contributed by atoms with Crippen LogP contribution in [0.4, 0.5) is 10.1 Å². The van der Waals surface area contributed by atoms with Crippen LogP contribution in [0, 0.1) is 17.1 Å². The van der Waals surface area contributed by atoms with Gasteiger partial charge in [0.15, 0.2) is 32.4 Å². The lowest BCUT2D eigenvalue weighted by Gasteiger charge is -2.19. The van der Waals surface area contributed by atoms with E-state index in [0.29, 0.717) is 5.56 Å². The number of aromatic nitrogens is 3. The topological polar surface area (TPSA) is 208 Å². The zero-order chi connectivity index (χ0) is 28.0. The number of benzene rings is 1. The number of aliphatic hydroxyl groups is 2. The molecule has 5 atom stereocenters. The molecule has 1 aromatic carbocycles. The van der Waals surface area contributed by atoms with Gasteiger partial charge in [0.1, 0.15) is 35.8 Å². The lowest BCUT2D eigenvalue weighted by molar-refractivity contribution is -0.0364. The highest BCUT2D eigenvalue weighted by atomic mass is 35.5. The summed E-state index contributed by atoms with van der Waals surface area (Å²) in [7, 11) is -9.29. The van der Waals surface area contributed by atoms with Gasteiger partial charge in [-0.05, 0) is 24.6 Å². The van der Waals surface area contributed by atoms with Gasteiger partial charge in [0.05, 0.1) is 23.0 Å². The predicted octanol–water partition coefficient (Wildman–Crippen LogP) is 1.44. The van der Waals surface area contributed by atoms with Gasteiger partial charge < -0.3 is 30.1 Å². The van der Waals surface area contributed by atoms with E-state index < -0.39 is 65.1 Å². The summed E-state index contributed by atoms with van der Waals surface area (Å²) < 4.78 is 55.5.